The van der Waals surface area contributed by atoms with E-state index in [1.54, 1.807) is 12.1 Å². The molecule has 0 atom stereocenters. The zero-order valence-electron chi connectivity index (χ0n) is 20.6. The van der Waals surface area contributed by atoms with Gasteiger partial charge in [0.15, 0.2) is 17.4 Å². The molecule has 0 unspecified atom stereocenters. The van der Waals surface area contributed by atoms with E-state index in [2.05, 4.69) is 20.1 Å². The van der Waals surface area contributed by atoms with E-state index < -0.39 is 17.5 Å². The third-order valence-electron chi connectivity index (χ3n) is 8.68. The van der Waals surface area contributed by atoms with Crippen molar-refractivity contribution in [2.24, 2.45) is 5.41 Å². The molecule has 4 heterocycles. The van der Waals surface area contributed by atoms with Crippen LogP contribution in [0.25, 0.3) is 5.69 Å². The number of ether oxygens (including phenoxy) is 1. The second kappa shape index (κ2) is 8.05. The lowest BCUT2D eigenvalue weighted by molar-refractivity contribution is -0.200. The highest BCUT2D eigenvalue weighted by Crippen LogP contribution is 2.58. The molecule has 0 N–H and O–H groups in total. The summed E-state index contributed by atoms with van der Waals surface area (Å²) in [6, 6.07) is 6.70. The van der Waals surface area contributed by atoms with Crippen LogP contribution < -0.4 is 9.64 Å². The lowest BCUT2D eigenvalue weighted by Gasteiger charge is -2.59. The summed E-state index contributed by atoms with van der Waals surface area (Å²) < 4.78 is 63.0. The summed E-state index contributed by atoms with van der Waals surface area (Å²) in [5.74, 6) is 2.03. The van der Waals surface area contributed by atoms with Gasteiger partial charge in [-0.1, -0.05) is 11.6 Å². The first-order valence-electron chi connectivity index (χ1n) is 12.6. The standard InChI is InChI=1S/C26H25ClF4N6O/c1-38-20-7-18(28)10-32-23(20)35-13-24(14-35)8-16(9-24)22-34-33-21-12-36(25(4-5-25)26(29,30)31)11-15-6-17(27)2-3-19(15)37(21)22/h2-3,6-7,10,16H,4-5,8-9,11-14H2,1H3. The number of alkyl halides is 3. The van der Waals surface area contributed by atoms with Gasteiger partial charge in [0.25, 0.3) is 0 Å². The molecule has 0 amide bonds. The highest BCUT2D eigenvalue weighted by atomic mass is 35.5. The van der Waals surface area contributed by atoms with Crippen LogP contribution in [0.2, 0.25) is 5.02 Å². The molecule has 1 aromatic carbocycles. The van der Waals surface area contributed by atoms with Crippen molar-refractivity contribution in [3.63, 3.8) is 0 Å². The van der Waals surface area contributed by atoms with Crippen LogP contribution >= 0.6 is 11.6 Å². The fourth-order valence-electron chi connectivity index (χ4n) is 6.63. The van der Waals surface area contributed by atoms with E-state index in [1.807, 2.05) is 10.6 Å². The van der Waals surface area contributed by atoms with Crippen LogP contribution in [0.4, 0.5) is 23.4 Å². The fraction of sp³-hybridized carbons (Fsp3) is 0.500. The molecule has 3 aromatic rings. The molecule has 1 saturated heterocycles. The Kier molecular flexibility index (Phi) is 5.11. The zero-order chi connectivity index (χ0) is 26.4. The first kappa shape index (κ1) is 24.1. The first-order valence-corrected chi connectivity index (χ1v) is 13.0. The summed E-state index contributed by atoms with van der Waals surface area (Å²) >= 11 is 6.28. The molecule has 200 valence electrons. The summed E-state index contributed by atoms with van der Waals surface area (Å²) in [5, 5.41) is 9.39. The molecule has 12 heteroatoms. The van der Waals surface area contributed by atoms with Crippen LogP contribution in [-0.2, 0) is 13.1 Å². The van der Waals surface area contributed by atoms with Gasteiger partial charge in [-0.05, 0) is 49.4 Å². The average molecular weight is 549 g/mol. The SMILES string of the molecule is COc1cc(F)cnc1N1CC2(CC(c3nnc4n3-c3ccc(Cl)cc3CN(C3(C(F)(F)F)CC3)C4)C2)C1. The van der Waals surface area contributed by atoms with Crippen LogP contribution in [0.5, 0.6) is 5.75 Å². The maximum absolute atomic E-state index is 14.0. The Balaban J connectivity index is 1.15. The van der Waals surface area contributed by atoms with E-state index in [0.29, 0.717) is 22.4 Å². The Morgan fingerprint density at radius 3 is 2.53 bits per heavy atom. The van der Waals surface area contributed by atoms with E-state index in [0.717, 1.165) is 43.0 Å². The fourth-order valence-corrected chi connectivity index (χ4v) is 6.83. The largest absolute Gasteiger partial charge is 0.493 e. The number of methoxy groups -OCH3 is 1. The molecule has 2 aromatic heterocycles. The lowest BCUT2D eigenvalue weighted by atomic mass is 9.57. The Labute approximate surface area is 221 Å². The van der Waals surface area contributed by atoms with Gasteiger partial charge in [-0.25, -0.2) is 9.37 Å². The van der Waals surface area contributed by atoms with E-state index >= 15 is 0 Å². The predicted molar refractivity (Wildman–Crippen MR) is 131 cm³/mol. The highest BCUT2D eigenvalue weighted by molar-refractivity contribution is 6.30. The van der Waals surface area contributed by atoms with Crippen LogP contribution in [0.15, 0.2) is 30.5 Å². The van der Waals surface area contributed by atoms with Crippen molar-refractivity contribution < 1.29 is 22.3 Å². The number of anilines is 1. The number of pyridine rings is 1. The normalized spacial score (nSPS) is 21.8. The minimum atomic E-state index is -4.32. The molecule has 2 saturated carbocycles. The van der Waals surface area contributed by atoms with Gasteiger partial charge in [-0.15, -0.1) is 10.2 Å². The van der Waals surface area contributed by atoms with Crippen LogP contribution in [0, 0.1) is 11.2 Å². The van der Waals surface area contributed by atoms with E-state index in [4.69, 9.17) is 16.3 Å². The molecule has 3 fully saturated rings. The lowest BCUT2D eigenvalue weighted by Crippen LogP contribution is -2.62. The Bertz CT molecular complexity index is 1420. The Morgan fingerprint density at radius 1 is 1.08 bits per heavy atom. The molecule has 0 radical (unpaired) electrons. The van der Waals surface area contributed by atoms with Crippen molar-refractivity contribution in [3.8, 4) is 11.4 Å². The zero-order valence-corrected chi connectivity index (χ0v) is 21.4. The van der Waals surface area contributed by atoms with Crippen molar-refractivity contribution in [2.75, 3.05) is 25.1 Å². The van der Waals surface area contributed by atoms with Gasteiger partial charge < -0.3 is 9.64 Å². The number of hydrogen-bond donors (Lipinski definition) is 0. The first-order chi connectivity index (χ1) is 18.1. The molecular formula is C26H25ClF4N6O. The van der Waals surface area contributed by atoms with Crippen LogP contribution in [0.3, 0.4) is 0 Å². The molecule has 0 bridgehead atoms. The molecular weight excluding hydrogens is 524 g/mol. The minimum Gasteiger partial charge on any atom is -0.493 e. The summed E-state index contributed by atoms with van der Waals surface area (Å²) in [4.78, 5) is 7.80. The molecule has 1 spiro atoms. The second-order valence-electron chi connectivity index (χ2n) is 11.1. The quantitative estimate of drug-likeness (QED) is 0.415. The molecule has 4 aliphatic rings. The van der Waals surface area contributed by atoms with Gasteiger partial charge in [-0.3, -0.25) is 9.47 Å². The van der Waals surface area contributed by atoms with Crippen molar-refractivity contribution >= 4 is 17.4 Å². The van der Waals surface area contributed by atoms with Gasteiger partial charge >= 0.3 is 6.18 Å². The topological polar surface area (TPSA) is 59.3 Å². The summed E-state index contributed by atoms with van der Waals surface area (Å²) in [7, 11) is 1.50. The predicted octanol–water partition coefficient (Wildman–Crippen LogP) is 5.26. The monoisotopic (exact) mass is 548 g/mol. The average Bonchev–Trinajstić information content (AvgIpc) is 3.57. The third kappa shape index (κ3) is 3.54. The smallest absolute Gasteiger partial charge is 0.406 e. The third-order valence-corrected chi connectivity index (χ3v) is 8.92. The molecule has 2 aliphatic heterocycles. The van der Waals surface area contributed by atoms with Crippen molar-refractivity contribution in [3.05, 3.63) is 58.5 Å². The van der Waals surface area contributed by atoms with Crippen LogP contribution in [0.1, 0.15) is 48.8 Å². The van der Waals surface area contributed by atoms with Crippen molar-refractivity contribution in [2.45, 2.75) is 56.4 Å². The molecule has 2 aliphatic carbocycles. The van der Waals surface area contributed by atoms with Crippen LogP contribution in [-0.4, -0.2) is 56.6 Å². The summed E-state index contributed by atoms with van der Waals surface area (Å²) in [5.41, 5.74) is -0.196. The molecule has 38 heavy (non-hydrogen) atoms. The van der Waals surface area contributed by atoms with Gasteiger partial charge in [0.05, 0.1) is 25.5 Å². The van der Waals surface area contributed by atoms with Gasteiger partial charge in [0.1, 0.15) is 17.2 Å². The Hall–Kier alpha value is -2.92. The number of halogens is 5. The Morgan fingerprint density at radius 2 is 1.84 bits per heavy atom. The van der Waals surface area contributed by atoms with E-state index in [1.165, 1.54) is 24.3 Å². The highest BCUT2D eigenvalue weighted by Gasteiger charge is 2.67. The second-order valence-corrected chi connectivity index (χ2v) is 11.5. The number of fused-ring (bicyclic) bond motifs is 3. The number of benzene rings is 1. The van der Waals surface area contributed by atoms with Gasteiger partial charge in [-0.2, -0.15) is 13.2 Å². The van der Waals surface area contributed by atoms with Crippen molar-refractivity contribution in [1.82, 2.24) is 24.6 Å². The minimum absolute atomic E-state index is 0.0699. The summed E-state index contributed by atoms with van der Waals surface area (Å²) in [6.07, 6.45) is -1.20. The molecule has 7 rings (SSSR count). The number of rotatable bonds is 4. The number of hydrogen-bond acceptors (Lipinski definition) is 6. The number of nitrogens with zero attached hydrogens (tertiary/aromatic N) is 6. The number of aromatic nitrogens is 4. The maximum atomic E-state index is 14.0. The summed E-state index contributed by atoms with van der Waals surface area (Å²) in [6.45, 7) is 1.76. The maximum Gasteiger partial charge on any atom is 0.406 e. The van der Waals surface area contributed by atoms with Crippen molar-refractivity contribution in [1.29, 1.82) is 0 Å². The van der Waals surface area contributed by atoms with E-state index in [-0.39, 0.29) is 37.3 Å². The van der Waals surface area contributed by atoms with Gasteiger partial charge in [0, 0.05) is 42.1 Å². The van der Waals surface area contributed by atoms with Gasteiger partial charge in [0.2, 0.25) is 0 Å². The molecule has 7 nitrogen and oxygen atoms in total. The van der Waals surface area contributed by atoms with E-state index in [9.17, 15) is 17.6 Å².